The van der Waals surface area contributed by atoms with Gasteiger partial charge in [0.05, 0.1) is 6.10 Å². The number of aromatic nitrogens is 1. The third-order valence-electron chi connectivity index (χ3n) is 6.47. The first-order valence-electron chi connectivity index (χ1n) is 12.0. The number of aliphatic hydroxyl groups is 1. The smallest absolute Gasteiger partial charge is 0.242 e. The summed E-state index contributed by atoms with van der Waals surface area (Å²) in [4.78, 5) is 19.6. The van der Waals surface area contributed by atoms with E-state index in [1.807, 2.05) is 6.92 Å². The van der Waals surface area contributed by atoms with Crippen molar-refractivity contribution >= 4 is 27.4 Å². The van der Waals surface area contributed by atoms with E-state index < -0.39 is 15.8 Å². The van der Waals surface area contributed by atoms with E-state index in [9.17, 15) is 22.7 Å². The number of nitrogens with one attached hydrogen (secondary N) is 2. The Morgan fingerprint density at radius 3 is 2.51 bits per heavy atom. The first-order valence-corrected chi connectivity index (χ1v) is 13.4. The molecule has 2 aromatic rings. The monoisotopic (exact) mass is 505 g/mol. The number of hydrogen-bond acceptors (Lipinski definition) is 7. The molecule has 2 fully saturated rings. The van der Waals surface area contributed by atoms with Crippen molar-refractivity contribution in [2.45, 2.75) is 56.2 Å². The number of benzene rings is 1. The summed E-state index contributed by atoms with van der Waals surface area (Å²) < 4.78 is 42.6. The predicted molar refractivity (Wildman–Crippen MR) is 131 cm³/mol. The van der Waals surface area contributed by atoms with Crippen molar-refractivity contribution in [1.82, 2.24) is 14.6 Å². The summed E-state index contributed by atoms with van der Waals surface area (Å²) in [5.74, 6) is -0.593. The largest absolute Gasteiger partial charge is 0.393 e. The van der Waals surface area contributed by atoms with Gasteiger partial charge in [-0.1, -0.05) is 19.1 Å². The molecule has 2 aliphatic rings. The van der Waals surface area contributed by atoms with E-state index in [0.717, 1.165) is 38.4 Å². The fraction of sp³-hybridized carbons (Fsp3) is 0.500. The highest BCUT2D eigenvalue weighted by Crippen LogP contribution is 2.27. The van der Waals surface area contributed by atoms with Crippen LogP contribution in [0.15, 0.2) is 41.4 Å². The molecule has 2 saturated heterocycles. The van der Waals surface area contributed by atoms with Crippen LogP contribution < -0.4 is 14.9 Å². The molecule has 3 N–H and O–H groups in total. The molecular formula is C24H32FN5O4S. The van der Waals surface area contributed by atoms with Gasteiger partial charge in [0.2, 0.25) is 15.9 Å². The van der Waals surface area contributed by atoms with Crippen LogP contribution in [-0.4, -0.2) is 67.6 Å². The molecule has 1 amide bonds. The number of sulfonamides is 1. The number of amides is 1. The Bertz CT molecular complexity index is 1130. The minimum absolute atomic E-state index is 0.0211. The molecule has 35 heavy (non-hydrogen) atoms. The zero-order valence-corrected chi connectivity index (χ0v) is 20.6. The van der Waals surface area contributed by atoms with E-state index in [0.29, 0.717) is 36.8 Å². The maximum absolute atomic E-state index is 14.8. The lowest BCUT2D eigenvalue weighted by atomic mass is 10.0. The molecule has 1 aromatic carbocycles. The topological polar surface area (TPSA) is 115 Å². The molecule has 0 radical (unpaired) electrons. The summed E-state index contributed by atoms with van der Waals surface area (Å²) in [6.45, 7) is 4.85. The Balaban J connectivity index is 1.31. The fourth-order valence-electron chi connectivity index (χ4n) is 4.32. The zero-order chi connectivity index (χ0) is 25.0. The van der Waals surface area contributed by atoms with Crippen LogP contribution in [0, 0.1) is 5.82 Å². The second-order valence-electron chi connectivity index (χ2n) is 9.12. The van der Waals surface area contributed by atoms with Crippen molar-refractivity contribution in [3.05, 3.63) is 47.9 Å². The highest BCUT2D eigenvalue weighted by Gasteiger charge is 2.35. The van der Waals surface area contributed by atoms with Crippen molar-refractivity contribution in [2.24, 2.45) is 0 Å². The van der Waals surface area contributed by atoms with Gasteiger partial charge in [-0.25, -0.2) is 22.5 Å². The normalized spacial score (nSPS) is 17.9. The third kappa shape index (κ3) is 6.35. The molecule has 0 bridgehead atoms. The van der Waals surface area contributed by atoms with E-state index in [-0.39, 0.29) is 29.3 Å². The molecule has 11 heteroatoms. The molecular weight excluding hydrogens is 473 g/mol. The lowest BCUT2D eigenvalue weighted by Gasteiger charge is -2.47. The van der Waals surface area contributed by atoms with Crippen molar-refractivity contribution < 1.29 is 22.7 Å². The van der Waals surface area contributed by atoms with E-state index in [4.69, 9.17) is 0 Å². The van der Waals surface area contributed by atoms with Gasteiger partial charge in [-0.15, -0.1) is 0 Å². The van der Waals surface area contributed by atoms with Crippen molar-refractivity contribution in [2.75, 3.05) is 36.4 Å². The van der Waals surface area contributed by atoms with Crippen LogP contribution in [0.3, 0.4) is 0 Å². The molecule has 0 aliphatic carbocycles. The third-order valence-corrected chi connectivity index (χ3v) is 7.83. The van der Waals surface area contributed by atoms with Gasteiger partial charge in [0.1, 0.15) is 4.90 Å². The van der Waals surface area contributed by atoms with Crippen LogP contribution in [0.25, 0.3) is 0 Å². The summed E-state index contributed by atoms with van der Waals surface area (Å²) in [5, 5.41) is 12.4. The van der Waals surface area contributed by atoms with Crippen LogP contribution in [0.1, 0.15) is 38.2 Å². The van der Waals surface area contributed by atoms with E-state index >= 15 is 0 Å². The van der Waals surface area contributed by atoms with Gasteiger partial charge in [0.25, 0.3) is 0 Å². The Kier molecular flexibility index (Phi) is 8.00. The molecule has 1 aromatic heterocycles. The van der Waals surface area contributed by atoms with Gasteiger partial charge < -0.3 is 15.3 Å². The average Bonchev–Trinajstić information content (AvgIpc) is 2.80. The summed E-state index contributed by atoms with van der Waals surface area (Å²) in [5.41, 5.74) is 1.34. The van der Waals surface area contributed by atoms with Gasteiger partial charge in [-0.3, -0.25) is 9.69 Å². The quantitative estimate of drug-likeness (QED) is 0.478. The molecule has 0 saturated carbocycles. The number of carbonyl (C=O) groups is 1. The molecule has 0 spiro atoms. The Labute approximate surface area is 205 Å². The number of likely N-dealkylation sites (tertiary alicyclic amines) is 1. The maximum Gasteiger partial charge on any atom is 0.242 e. The number of piperidine rings is 1. The minimum atomic E-state index is -3.95. The highest BCUT2D eigenvalue weighted by molar-refractivity contribution is 7.89. The van der Waals surface area contributed by atoms with Gasteiger partial charge in [-0.2, -0.15) is 0 Å². The number of rotatable bonds is 9. The predicted octanol–water partition coefficient (Wildman–Crippen LogP) is 2.08. The molecule has 4 rings (SSSR count). The van der Waals surface area contributed by atoms with Gasteiger partial charge in [0.15, 0.2) is 11.6 Å². The highest BCUT2D eigenvalue weighted by atomic mass is 32.2. The van der Waals surface area contributed by atoms with E-state index in [1.54, 1.807) is 29.2 Å². The van der Waals surface area contributed by atoms with Crippen molar-refractivity contribution in [3.8, 4) is 0 Å². The van der Waals surface area contributed by atoms with Gasteiger partial charge >= 0.3 is 0 Å². The van der Waals surface area contributed by atoms with Crippen LogP contribution >= 0.6 is 0 Å². The maximum atomic E-state index is 14.8. The number of halogens is 1. The summed E-state index contributed by atoms with van der Waals surface area (Å²) >= 11 is 0. The van der Waals surface area contributed by atoms with Crippen LogP contribution in [0.5, 0.6) is 0 Å². The second-order valence-corrected chi connectivity index (χ2v) is 10.9. The summed E-state index contributed by atoms with van der Waals surface area (Å²) in [7, 11) is -3.95. The fourth-order valence-corrected chi connectivity index (χ4v) is 5.29. The molecule has 2 aliphatic heterocycles. The Hall–Kier alpha value is -2.60. The number of aliphatic hydroxyl groups excluding tert-OH is 1. The van der Waals surface area contributed by atoms with Gasteiger partial charge in [-0.05, 0) is 43.0 Å². The number of pyridine rings is 1. The SMILES string of the molecule is CCCC(=O)Nc1ccc(CNS(=O)(=O)c2cnc(N3CC(N4CCC(O)CC4)C3)c(F)c2)cc1. The average molecular weight is 506 g/mol. The molecule has 3 heterocycles. The van der Waals surface area contributed by atoms with Crippen molar-refractivity contribution in [1.29, 1.82) is 0 Å². The minimum Gasteiger partial charge on any atom is -0.393 e. The summed E-state index contributed by atoms with van der Waals surface area (Å²) in [6, 6.07) is 8.14. The zero-order valence-electron chi connectivity index (χ0n) is 19.8. The first-order chi connectivity index (χ1) is 16.7. The first kappa shape index (κ1) is 25.5. The molecule has 0 atom stereocenters. The Morgan fingerprint density at radius 1 is 1.20 bits per heavy atom. The number of hydrogen-bond donors (Lipinski definition) is 3. The van der Waals surface area contributed by atoms with Crippen LogP contribution in [-0.2, 0) is 21.4 Å². The molecule has 9 nitrogen and oxygen atoms in total. The molecule has 190 valence electrons. The number of carbonyl (C=O) groups excluding carboxylic acids is 1. The van der Waals surface area contributed by atoms with Gasteiger partial charge in [0, 0.05) is 57.1 Å². The van der Waals surface area contributed by atoms with Crippen LogP contribution in [0.4, 0.5) is 15.9 Å². The summed E-state index contributed by atoms with van der Waals surface area (Å²) in [6.07, 6.45) is 3.64. The van der Waals surface area contributed by atoms with Crippen LogP contribution in [0.2, 0.25) is 0 Å². The van der Waals surface area contributed by atoms with Crippen molar-refractivity contribution in [3.63, 3.8) is 0 Å². The lowest BCUT2D eigenvalue weighted by molar-refractivity contribution is -0.116. The second kappa shape index (κ2) is 11.0. The number of anilines is 2. The number of nitrogens with zero attached hydrogens (tertiary/aromatic N) is 3. The molecule has 0 unspecified atom stereocenters. The standard InChI is InChI=1S/C24H32FN5O4S/c1-2-3-23(32)28-18-6-4-17(5-7-18)13-27-35(33,34)21-12-22(25)24(26-14-21)30-15-19(16-30)29-10-8-20(31)9-11-29/h4-7,12,14,19-20,27,31H,2-3,8-11,13,15-16H2,1H3,(H,28,32). The Morgan fingerprint density at radius 2 is 1.89 bits per heavy atom. The van der Waals surface area contributed by atoms with E-state index in [1.165, 1.54) is 6.20 Å². The van der Waals surface area contributed by atoms with E-state index in [2.05, 4.69) is 19.9 Å². The lowest BCUT2D eigenvalue weighted by Crippen LogP contribution is -2.61.